The molecule has 2 aromatic rings. The van der Waals surface area contributed by atoms with Crippen LogP contribution in [0.3, 0.4) is 0 Å². The Kier molecular flexibility index (Phi) is 5.06. The monoisotopic (exact) mass is 419 g/mol. The fraction of sp³-hybridized carbons (Fsp3) is 0.154. The summed E-state index contributed by atoms with van der Waals surface area (Å²) in [7, 11) is 3.12. The molecule has 0 unspecified atom stereocenters. The molecule has 2 rings (SSSR count). The van der Waals surface area contributed by atoms with E-state index in [0.29, 0.717) is 22.1 Å². The molecule has 0 aliphatic rings. The number of amides is 1. The number of nitrogens with one attached hydrogen (secondary N) is 1. The van der Waals surface area contributed by atoms with Crippen molar-refractivity contribution in [2.45, 2.75) is 0 Å². The number of ether oxygens (including phenoxy) is 2. The fourth-order valence-electron chi connectivity index (χ4n) is 1.55. The number of halogens is 2. The highest BCUT2D eigenvalue weighted by Gasteiger charge is 2.14. The molecule has 0 spiro atoms. The first-order chi connectivity index (χ1) is 9.55. The average molecular weight is 421 g/mol. The molecule has 0 radical (unpaired) electrons. The number of hydrogen-bond acceptors (Lipinski definition) is 4. The van der Waals surface area contributed by atoms with Crippen molar-refractivity contribution in [1.29, 1.82) is 0 Å². The molecule has 0 fully saturated rings. The van der Waals surface area contributed by atoms with Crippen LogP contribution in [-0.4, -0.2) is 20.1 Å². The number of methoxy groups -OCH3 is 2. The third kappa shape index (κ3) is 3.34. The molecule has 1 aromatic carbocycles. The zero-order valence-corrected chi connectivity index (χ0v) is 14.7. The minimum absolute atomic E-state index is 0.201. The third-order valence-corrected chi connectivity index (χ3v) is 5.78. The Hall–Kier alpha value is -1.05. The lowest BCUT2D eigenvalue weighted by Crippen LogP contribution is -2.11. The van der Waals surface area contributed by atoms with Gasteiger partial charge >= 0.3 is 0 Å². The molecular weight excluding hydrogens is 410 g/mol. The molecule has 0 saturated carbocycles. The Balaban J connectivity index is 2.26. The lowest BCUT2D eigenvalue weighted by atomic mass is 10.2. The Bertz CT molecular complexity index is 623. The molecule has 0 aliphatic carbocycles. The molecular formula is C13H11Br2NO3S. The van der Waals surface area contributed by atoms with E-state index in [1.807, 2.05) is 0 Å². The van der Waals surface area contributed by atoms with Crippen LogP contribution in [0.2, 0.25) is 0 Å². The molecule has 0 atom stereocenters. The quantitative estimate of drug-likeness (QED) is 0.789. The third-order valence-electron chi connectivity index (χ3n) is 2.52. The summed E-state index contributed by atoms with van der Waals surface area (Å²) in [4.78, 5) is 12.8. The molecule has 7 heteroatoms. The van der Waals surface area contributed by atoms with E-state index >= 15 is 0 Å². The van der Waals surface area contributed by atoms with Crippen molar-refractivity contribution in [3.8, 4) is 11.5 Å². The van der Waals surface area contributed by atoms with Gasteiger partial charge in [0.25, 0.3) is 5.91 Å². The van der Waals surface area contributed by atoms with Crippen molar-refractivity contribution in [2.75, 3.05) is 19.5 Å². The number of hydrogen-bond donors (Lipinski definition) is 1. The van der Waals surface area contributed by atoms with Gasteiger partial charge in [-0.15, -0.1) is 11.3 Å². The minimum atomic E-state index is -0.201. The maximum atomic E-state index is 12.2. The normalized spacial score (nSPS) is 10.2. The van der Waals surface area contributed by atoms with Crippen LogP contribution in [0.15, 0.2) is 32.5 Å². The summed E-state index contributed by atoms with van der Waals surface area (Å²) in [5.74, 6) is 1.02. The molecule has 1 N–H and O–H groups in total. The zero-order chi connectivity index (χ0) is 14.7. The highest BCUT2D eigenvalue weighted by molar-refractivity contribution is 9.13. The first-order valence-corrected chi connectivity index (χ1v) is 7.93. The topological polar surface area (TPSA) is 47.6 Å². The van der Waals surface area contributed by atoms with E-state index in [1.165, 1.54) is 11.3 Å². The summed E-state index contributed by atoms with van der Waals surface area (Å²) in [5, 5.41) is 2.82. The minimum Gasteiger partial charge on any atom is -0.497 e. The van der Waals surface area contributed by atoms with Crippen LogP contribution in [0.4, 0.5) is 5.69 Å². The second kappa shape index (κ2) is 6.60. The molecule has 0 saturated heterocycles. The Labute approximate surface area is 137 Å². The summed E-state index contributed by atoms with van der Waals surface area (Å²) in [5.41, 5.74) is 0.567. The molecule has 1 aromatic heterocycles. The first kappa shape index (κ1) is 15.3. The first-order valence-electron chi connectivity index (χ1n) is 5.53. The molecule has 4 nitrogen and oxygen atoms in total. The molecule has 1 amide bonds. The van der Waals surface area contributed by atoms with Gasteiger partial charge in [-0.2, -0.15) is 0 Å². The van der Waals surface area contributed by atoms with E-state index in [9.17, 15) is 4.79 Å². The van der Waals surface area contributed by atoms with Crippen molar-refractivity contribution < 1.29 is 14.3 Å². The van der Waals surface area contributed by atoms with Gasteiger partial charge in [-0.25, -0.2) is 0 Å². The summed E-state index contributed by atoms with van der Waals surface area (Å²) < 4.78 is 12.1. The van der Waals surface area contributed by atoms with E-state index in [-0.39, 0.29) is 5.91 Å². The number of anilines is 1. The lowest BCUT2D eigenvalue weighted by Gasteiger charge is -2.11. The number of thiophene rings is 1. The zero-order valence-electron chi connectivity index (χ0n) is 10.7. The Morgan fingerprint density at radius 3 is 2.50 bits per heavy atom. The highest BCUT2D eigenvalue weighted by Crippen LogP contribution is 2.34. The Morgan fingerprint density at radius 2 is 1.95 bits per heavy atom. The van der Waals surface area contributed by atoms with Crippen molar-refractivity contribution in [1.82, 2.24) is 0 Å². The van der Waals surface area contributed by atoms with Crippen LogP contribution in [-0.2, 0) is 0 Å². The maximum absolute atomic E-state index is 12.2. The van der Waals surface area contributed by atoms with Gasteiger partial charge in [-0.1, -0.05) is 0 Å². The summed E-state index contributed by atoms with van der Waals surface area (Å²) in [6, 6.07) is 6.99. The van der Waals surface area contributed by atoms with Gasteiger partial charge in [0.1, 0.15) is 11.5 Å². The second-order valence-electron chi connectivity index (χ2n) is 3.75. The molecule has 20 heavy (non-hydrogen) atoms. The van der Waals surface area contributed by atoms with E-state index in [4.69, 9.17) is 9.47 Å². The molecule has 0 bridgehead atoms. The predicted molar refractivity (Wildman–Crippen MR) is 87.2 cm³/mol. The fourth-order valence-corrected chi connectivity index (χ4v) is 3.49. The Morgan fingerprint density at radius 1 is 1.20 bits per heavy atom. The van der Waals surface area contributed by atoms with Gasteiger partial charge in [0.05, 0.1) is 28.6 Å². The lowest BCUT2D eigenvalue weighted by molar-refractivity contribution is 0.103. The van der Waals surface area contributed by atoms with E-state index < -0.39 is 0 Å². The van der Waals surface area contributed by atoms with Gasteiger partial charge in [0.2, 0.25) is 0 Å². The predicted octanol–water partition coefficient (Wildman–Crippen LogP) is 4.54. The van der Waals surface area contributed by atoms with E-state index in [1.54, 1.807) is 38.5 Å². The van der Waals surface area contributed by atoms with Gasteiger partial charge in [0, 0.05) is 10.5 Å². The molecule has 1 heterocycles. The van der Waals surface area contributed by atoms with Crippen LogP contribution >= 0.6 is 43.2 Å². The highest BCUT2D eigenvalue weighted by atomic mass is 79.9. The summed E-state index contributed by atoms with van der Waals surface area (Å²) in [6.07, 6.45) is 0. The van der Waals surface area contributed by atoms with Crippen molar-refractivity contribution in [3.63, 3.8) is 0 Å². The summed E-state index contributed by atoms with van der Waals surface area (Å²) >= 11 is 8.08. The van der Waals surface area contributed by atoms with Crippen LogP contribution in [0.25, 0.3) is 0 Å². The number of carbonyl (C=O) groups excluding carboxylic acids is 1. The maximum Gasteiger partial charge on any atom is 0.265 e. The van der Waals surface area contributed by atoms with E-state index in [2.05, 4.69) is 37.2 Å². The smallest absolute Gasteiger partial charge is 0.265 e. The van der Waals surface area contributed by atoms with Gasteiger partial charge in [-0.3, -0.25) is 4.79 Å². The average Bonchev–Trinajstić information content (AvgIpc) is 2.78. The van der Waals surface area contributed by atoms with E-state index in [0.717, 1.165) is 8.26 Å². The standard InChI is InChI=1S/C13H11Br2NO3S/c1-18-7-3-4-10(19-2)9(5-7)16-13(17)11-6-8(14)12(15)20-11/h3-6H,1-2H3,(H,16,17). The molecule has 0 aliphatic heterocycles. The van der Waals surface area contributed by atoms with Crippen LogP contribution in [0, 0.1) is 0 Å². The number of benzene rings is 1. The number of carbonyl (C=O) groups is 1. The van der Waals surface area contributed by atoms with Crippen molar-refractivity contribution in [3.05, 3.63) is 37.4 Å². The van der Waals surface area contributed by atoms with Gasteiger partial charge in [-0.05, 0) is 50.1 Å². The van der Waals surface area contributed by atoms with Gasteiger partial charge < -0.3 is 14.8 Å². The van der Waals surface area contributed by atoms with Crippen LogP contribution in [0.1, 0.15) is 9.67 Å². The summed E-state index contributed by atoms with van der Waals surface area (Å²) in [6.45, 7) is 0. The van der Waals surface area contributed by atoms with Crippen LogP contribution < -0.4 is 14.8 Å². The largest absolute Gasteiger partial charge is 0.497 e. The van der Waals surface area contributed by atoms with Gasteiger partial charge in [0.15, 0.2) is 0 Å². The SMILES string of the molecule is COc1ccc(OC)c(NC(=O)c2cc(Br)c(Br)s2)c1. The van der Waals surface area contributed by atoms with Crippen molar-refractivity contribution >= 4 is 54.8 Å². The van der Waals surface area contributed by atoms with Crippen LogP contribution in [0.5, 0.6) is 11.5 Å². The number of rotatable bonds is 4. The van der Waals surface area contributed by atoms with Crippen molar-refractivity contribution in [2.24, 2.45) is 0 Å². The second-order valence-corrected chi connectivity index (χ2v) is 6.98. The molecule has 106 valence electrons.